The summed E-state index contributed by atoms with van der Waals surface area (Å²) in [7, 11) is 0. The summed E-state index contributed by atoms with van der Waals surface area (Å²) >= 11 is 1.85. The van der Waals surface area contributed by atoms with Crippen molar-refractivity contribution in [2.45, 2.75) is 38.4 Å². The van der Waals surface area contributed by atoms with Crippen molar-refractivity contribution in [2.75, 3.05) is 18.6 Å². The minimum Gasteiger partial charge on any atom is -0.326 e. The summed E-state index contributed by atoms with van der Waals surface area (Å²) in [6.45, 7) is 5.21. The van der Waals surface area contributed by atoms with E-state index >= 15 is 0 Å². The van der Waals surface area contributed by atoms with Crippen LogP contribution >= 0.6 is 11.8 Å². The second-order valence-corrected chi connectivity index (χ2v) is 5.83. The Bertz CT molecular complexity index is 265. The Balaban J connectivity index is 1.94. The molecule has 0 radical (unpaired) electrons. The van der Waals surface area contributed by atoms with Crippen LogP contribution in [0.5, 0.6) is 0 Å². The van der Waals surface area contributed by atoms with Crippen molar-refractivity contribution in [1.82, 2.24) is 10.2 Å². The molecule has 0 aromatic carbocycles. The second kappa shape index (κ2) is 3.98. The van der Waals surface area contributed by atoms with Gasteiger partial charge in [-0.15, -0.1) is 0 Å². The second-order valence-electron chi connectivity index (χ2n) is 4.92. The third-order valence-electron chi connectivity index (χ3n) is 3.33. The SMILES string of the molecule is CSCC(C)CN1C(=O)C2(CC2)NC1C. The monoisotopic (exact) mass is 228 g/mol. The topological polar surface area (TPSA) is 32.3 Å². The van der Waals surface area contributed by atoms with Gasteiger partial charge >= 0.3 is 0 Å². The van der Waals surface area contributed by atoms with E-state index in [0.29, 0.717) is 11.8 Å². The van der Waals surface area contributed by atoms with E-state index in [2.05, 4.69) is 25.4 Å². The van der Waals surface area contributed by atoms with E-state index in [1.807, 2.05) is 16.7 Å². The predicted molar refractivity (Wildman–Crippen MR) is 63.8 cm³/mol. The highest BCUT2D eigenvalue weighted by Crippen LogP contribution is 2.42. The molecule has 0 aromatic rings. The molecule has 1 amide bonds. The molecule has 2 aliphatic rings. The zero-order chi connectivity index (χ0) is 11.1. The number of nitrogens with one attached hydrogen (secondary N) is 1. The molecule has 3 nitrogen and oxygen atoms in total. The van der Waals surface area contributed by atoms with Gasteiger partial charge in [0.25, 0.3) is 0 Å². The van der Waals surface area contributed by atoms with Gasteiger partial charge in [-0.05, 0) is 37.7 Å². The van der Waals surface area contributed by atoms with E-state index in [1.165, 1.54) is 0 Å². The maximum absolute atomic E-state index is 12.1. The summed E-state index contributed by atoms with van der Waals surface area (Å²) in [6, 6.07) is 0. The fraction of sp³-hybridized carbons (Fsp3) is 0.909. The average Bonchev–Trinajstić information content (AvgIpc) is 2.90. The molecule has 86 valence electrons. The van der Waals surface area contributed by atoms with E-state index in [4.69, 9.17) is 0 Å². The van der Waals surface area contributed by atoms with Gasteiger partial charge in [-0.25, -0.2) is 0 Å². The van der Waals surface area contributed by atoms with Crippen LogP contribution in [0, 0.1) is 5.92 Å². The molecule has 2 fully saturated rings. The van der Waals surface area contributed by atoms with Crippen molar-refractivity contribution >= 4 is 17.7 Å². The van der Waals surface area contributed by atoms with Crippen LogP contribution in [-0.2, 0) is 4.79 Å². The lowest BCUT2D eigenvalue weighted by Crippen LogP contribution is -2.38. The van der Waals surface area contributed by atoms with Gasteiger partial charge in [0.2, 0.25) is 5.91 Å². The molecule has 0 bridgehead atoms. The number of amides is 1. The van der Waals surface area contributed by atoms with Crippen molar-refractivity contribution in [1.29, 1.82) is 0 Å². The van der Waals surface area contributed by atoms with Crippen molar-refractivity contribution in [3.05, 3.63) is 0 Å². The molecular formula is C11H20N2OS. The lowest BCUT2D eigenvalue weighted by molar-refractivity contribution is -0.131. The summed E-state index contributed by atoms with van der Waals surface area (Å²) < 4.78 is 0. The first-order chi connectivity index (χ1) is 7.09. The van der Waals surface area contributed by atoms with E-state index in [9.17, 15) is 4.79 Å². The summed E-state index contributed by atoms with van der Waals surface area (Å²) in [6.07, 6.45) is 4.41. The van der Waals surface area contributed by atoms with Crippen LogP contribution in [0.3, 0.4) is 0 Å². The Kier molecular flexibility index (Phi) is 2.99. The molecule has 1 spiro atoms. The lowest BCUT2D eigenvalue weighted by atomic mass is 10.2. The summed E-state index contributed by atoms with van der Waals surface area (Å²) in [4.78, 5) is 14.1. The molecule has 1 heterocycles. The summed E-state index contributed by atoms with van der Waals surface area (Å²) in [5, 5.41) is 3.42. The molecule has 1 saturated carbocycles. The van der Waals surface area contributed by atoms with Crippen molar-refractivity contribution in [2.24, 2.45) is 5.92 Å². The van der Waals surface area contributed by atoms with Crippen molar-refractivity contribution in [3.8, 4) is 0 Å². The molecule has 1 aliphatic heterocycles. The molecule has 15 heavy (non-hydrogen) atoms. The smallest absolute Gasteiger partial charge is 0.244 e. The van der Waals surface area contributed by atoms with Crippen LogP contribution in [-0.4, -0.2) is 41.1 Å². The highest BCUT2D eigenvalue weighted by Gasteiger charge is 2.57. The fourth-order valence-electron chi connectivity index (χ4n) is 2.39. The minimum absolute atomic E-state index is 0.140. The Morgan fingerprint density at radius 3 is 2.80 bits per heavy atom. The molecule has 4 heteroatoms. The number of hydrogen-bond donors (Lipinski definition) is 1. The number of thioether (sulfide) groups is 1. The predicted octanol–water partition coefficient (Wildman–Crippen LogP) is 1.30. The van der Waals surface area contributed by atoms with Crippen LogP contribution in [0.25, 0.3) is 0 Å². The molecule has 2 atom stereocenters. The largest absolute Gasteiger partial charge is 0.326 e. The van der Waals surface area contributed by atoms with Gasteiger partial charge in [0.1, 0.15) is 0 Å². The van der Waals surface area contributed by atoms with E-state index < -0.39 is 0 Å². The summed E-state index contributed by atoms with van der Waals surface area (Å²) in [5.74, 6) is 2.05. The Morgan fingerprint density at radius 2 is 2.33 bits per heavy atom. The maximum Gasteiger partial charge on any atom is 0.244 e. The summed E-state index contributed by atoms with van der Waals surface area (Å²) in [5.41, 5.74) is -0.140. The quantitative estimate of drug-likeness (QED) is 0.787. The van der Waals surface area contributed by atoms with Crippen LogP contribution in [0.2, 0.25) is 0 Å². The van der Waals surface area contributed by atoms with Gasteiger partial charge in [-0.3, -0.25) is 10.1 Å². The molecular weight excluding hydrogens is 208 g/mol. The number of carbonyl (C=O) groups excluding carboxylic acids is 1. The molecule has 1 aliphatic carbocycles. The lowest BCUT2D eigenvalue weighted by Gasteiger charge is -2.24. The number of rotatable bonds is 4. The zero-order valence-electron chi connectivity index (χ0n) is 9.75. The standard InChI is InChI=1S/C11H20N2OS/c1-8(7-15-3)6-13-9(2)12-11(4-5-11)10(13)14/h8-9,12H,4-7H2,1-3H3. The number of hydrogen-bond acceptors (Lipinski definition) is 3. The van der Waals surface area contributed by atoms with Gasteiger partial charge in [0.05, 0.1) is 11.7 Å². The van der Waals surface area contributed by atoms with Crippen LogP contribution in [0.15, 0.2) is 0 Å². The van der Waals surface area contributed by atoms with Gasteiger partial charge in [0.15, 0.2) is 0 Å². The van der Waals surface area contributed by atoms with Gasteiger partial charge in [-0.1, -0.05) is 6.92 Å². The van der Waals surface area contributed by atoms with Crippen LogP contribution in [0.1, 0.15) is 26.7 Å². The van der Waals surface area contributed by atoms with Crippen LogP contribution in [0.4, 0.5) is 0 Å². The van der Waals surface area contributed by atoms with Crippen molar-refractivity contribution < 1.29 is 4.79 Å². The first kappa shape index (κ1) is 11.3. The maximum atomic E-state index is 12.1. The van der Waals surface area contributed by atoms with Gasteiger partial charge in [0, 0.05) is 6.54 Å². The molecule has 2 unspecified atom stereocenters. The van der Waals surface area contributed by atoms with Gasteiger partial charge in [-0.2, -0.15) is 11.8 Å². The highest BCUT2D eigenvalue weighted by atomic mass is 32.2. The molecule has 1 N–H and O–H groups in total. The molecule has 1 saturated heterocycles. The average molecular weight is 228 g/mol. The van der Waals surface area contributed by atoms with Crippen molar-refractivity contribution in [3.63, 3.8) is 0 Å². The first-order valence-corrected chi connectivity index (χ1v) is 7.06. The van der Waals surface area contributed by atoms with E-state index in [1.54, 1.807) is 0 Å². The highest BCUT2D eigenvalue weighted by molar-refractivity contribution is 7.98. The van der Waals surface area contributed by atoms with E-state index in [-0.39, 0.29) is 11.7 Å². The molecule has 0 aromatic heterocycles. The third kappa shape index (κ3) is 2.02. The minimum atomic E-state index is -0.140. The number of nitrogens with zero attached hydrogens (tertiary/aromatic N) is 1. The Morgan fingerprint density at radius 1 is 1.67 bits per heavy atom. The zero-order valence-corrected chi connectivity index (χ0v) is 10.6. The van der Waals surface area contributed by atoms with Crippen LogP contribution < -0.4 is 5.32 Å². The fourth-order valence-corrected chi connectivity index (χ4v) is 3.06. The Hall–Kier alpha value is -0.220. The normalized spacial score (nSPS) is 29.9. The molecule has 2 rings (SSSR count). The first-order valence-electron chi connectivity index (χ1n) is 5.67. The third-order valence-corrected chi connectivity index (χ3v) is 4.23. The Labute approximate surface area is 96.0 Å². The number of carbonyl (C=O) groups is 1. The van der Waals surface area contributed by atoms with Gasteiger partial charge < -0.3 is 4.90 Å². The van der Waals surface area contributed by atoms with E-state index in [0.717, 1.165) is 25.1 Å².